The largest absolute Gasteiger partial charge is 0.467 e. The van der Waals surface area contributed by atoms with E-state index in [2.05, 4.69) is 4.74 Å². The zero-order valence-corrected chi connectivity index (χ0v) is 8.47. The van der Waals surface area contributed by atoms with Gasteiger partial charge in [-0.25, -0.2) is 4.39 Å². The third-order valence-electron chi connectivity index (χ3n) is 1.72. The molecular weight excluding hydrogens is 228 g/mol. The quantitative estimate of drug-likeness (QED) is 0.456. The van der Waals surface area contributed by atoms with Gasteiger partial charge in [0, 0.05) is 6.07 Å². The Morgan fingerprint density at radius 3 is 2.50 bits per heavy atom. The maximum absolute atomic E-state index is 13.0. The molecule has 0 aromatic heterocycles. The highest BCUT2D eigenvalue weighted by molar-refractivity contribution is 5.27. The maximum atomic E-state index is 13.0. The zero-order chi connectivity index (χ0) is 12.2. The SMILES string of the molecule is Cc1ccc(OCOCC(F)(F)F)cc1F. The molecule has 0 aliphatic rings. The minimum absolute atomic E-state index is 0.130. The molecule has 1 aromatic carbocycles. The van der Waals surface area contributed by atoms with Crippen molar-refractivity contribution in [3.8, 4) is 5.75 Å². The first-order chi connectivity index (χ1) is 7.38. The highest BCUT2D eigenvalue weighted by Crippen LogP contribution is 2.17. The molecule has 0 atom stereocenters. The molecule has 0 radical (unpaired) electrons. The summed E-state index contributed by atoms with van der Waals surface area (Å²) in [5.41, 5.74) is 0.434. The molecule has 0 saturated heterocycles. The third-order valence-corrected chi connectivity index (χ3v) is 1.72. The van der Waals surface area contributed by atoms with Crippen LogP contribution in [-0.4, -0.2) is 19.6 Å². The Kier molecular flexibility index (Phi) is 4.12. The van der Waals surface area contributed by atoms with Crippen LogP contribution in [0.25, 0.3) is 0 Å². The molecule has 0 fully saturated rings. The van der Waals surface area contributed by atoms with Crippen molar-refractivity contribution in [2.24, 2.45) is 0 Å². The van der Waals surface area contributed by atoms with Crippen LogP contribution in [0.1, 0.15) is 5.56 Å². The molecule has 0 aliphatic heterocycles. The van der Waals surface area contributed by atoms with Crippen molar-refractivity contribution < 1.29 is 27.0 Å². The van der Waals surface area contributed by atoms with Crippen molar-refractivity contribution in [2.45, 2.75) is 13.1 Å². The van der Waals surface area contributed by atoms with E-state index in [9.17, 15) is 17.6 Å². The Bertz CT molecular complexity index is 349. The van der Waals surface area contributed by atoms with Gasteiger partial charge in [0.2, 0.25) is 0 Å². The number of rotatable bonds is 4. The van der Waals surface area contributed by atoms with Crippen LogP contribution in [0.2, 0.25) is 0 Å². The molecule has 0 spiro atoms. The highest BCUT2D eigenvalue weighted by atomic mass is 19.4. The van der Waals surface area contributed by atoms with E-state index in [0.717, 1.165) is 6.07 Å². The summed E-state index contributed by atoms with van der Waals surface area (Å²) in [6, 6.07) is 4.01. The molecule has 90 valence electrons. The molecule has 0 bridgehead atoms. The highest BCUT2D eigenvalue weighted by Gasteiger charge is 2.27. The van der Waals surface area contributed by atoms with Gasteiger partial charge in [0.05, 0.1) is 0 Å². The molecule has 0 unspecified atom stereocenters. The first kappa shape index (κ1) is 12.8. The van der Waals surface area contributed by atoms with Crippen LogP contribution < -0.4 is 4.74 Å². The number of benzene rings is 1. The molecular formula is C10H10F4O2. The number of aryl methyl sites for hydroxylation is 1. The fraction of sp³-hybridized carbons (Fsp3) is 0.400. The van der Waals surface area contributed by atoms with E-state index < -0.39 is 25.4 Å². The first-order valence-corrected chi connectivity index (χ1v) is 4.42. The Labute approximate surface area is 89.8 Å². The molecule has 1 rings (SSSR count). The lowest BCUT2D eigenvalue weighted by Crippen LogP contribution is -2.19. The van der Waals surface area contributed by atoms with Gasteiger partial charge >= 0.3 is 6.18 Å². The number of alkyl halides is 3. The Morgan fingerprint density at radius 2 is 1.94 bits per heavy atom. The van der Waals surface area contributed by atoms with Crippen LogP contribution in [0.15, 0.2) is 18.2 Å². The summed E-state index contributed by atoms with van der Waals surface area (Å²) < 4.78 is 56.9. The van der Waals surface area contributed by atoms with Gasteiger partial charge in [0.25, 0.3) is 0 Å². The molecule has 6 heteroatoms. The summed E-state index contributed by atoms with van der Waals surface area (Å²) in [7, 11) is 0. The lowest BCUT2D eigenvalue weighted by atomic mass is 10.2. The standard InChI is InChI=1S/C10H10F4O2/c1-7-2-3-8(4-9(7)11)16-6-15-5-10(12,13)14/h2-4H,5-6H2,1H3. The van der Waals surface area contributed by atoms with Crippen LogP contribution in [0.5, 0.6) is 5.75 Å². The van der Waals surface area contributed by atoms with Crippen LogP contribution in [0, 0.1) is 12.7 Å². The van der Waals surface area contributed by atoms with Gasteiger partial charge < -0.3 is 9.47 Å². The minimum Gasteiger partial charge on any atom is -0.467 e. The van der Waals surface area contributed by atoms with Gasteiger partial charge in [-0.3, -0.25) is 0 Å². The molecule has 16 heavy (non-hydrogen) atoms. The fourth-order valence-electron chi connectivity index (χ4n) is 0.930. The molecule has 2 nitrogen and oxygen atoms in total. The van der Waals surface area contributed by atoms with Crippen LogP contribution in [0.3, 0.4) is 0 Å². The third kappa shape index (κ3) is 4.48. The Balaban J connectivity index is 2.35. The van der Waals surface area contributed by atoms with Crippen LogP contribution in [0.4, 0.5) is 17.6 Å². The van der Waals surface area contributed by atoms with Gasteiger partial charge in [-0.15, -0.1) is 0 Å². The predicted octanol–water partition coefficient (Wildman–Crippen LogP) is 3.05. The van der Waals surface area contributed by atoms with Gasteiger partial charge in [-0.2, -0.15) is 13.2 Å². The second kappa shape index (κ2) is 5.16. The van der Waals surface area contributed by atoms with Crippen molar-refractivity contribution in [2.75, 3.05) is 13.4 Å². The zero-order valence-electron chi connectivity index (χ0n) is 8.47. The monoisotopic (exact) mass is 238 g/mol. The molecule has 0 N–H and O–H groups in total. The van der Waals surface area contributed by atoms with Crippen molar-refractivity contribution in [1.29, 1.82) is 0 Å². The Hall–Kier alpha value is -1.30. The molecule has 0 aliphatic carbocycles. The number of ether oxygens (including phenoxy) is 2. The molecule has 0 heterocycles. The normalized spacial score (nSPS) is 11.6. The van der Waals surface area contributed by atoms with E-state index in [-0.39, 0.29) is 5.75 Å². The summed E-state index contributed by atoms with van der Waals surface area (Å²) >= 11 is 0. The van der Waals surface area contributed by atoms with Crippen LogP contribution >= 0.6 is 0 Å². The maximum Gasteiger partial charge on any atom is 0.411 e. The Morgan fingerprint density at radius 1 is 1.25 bits per heavy atom. The second-order valence-electron chi connectivity index (χ2n) is 3.14. The first-order valence-electron chi connectivity index (χ1n) is 4.42. The van der Waals surface area contributed by atoms with Crippen molar-refractivity contribution in [3.05, 3.63) is 29.6 Å². The lowest BCUT2D eigenvalue weighted by molar-refractivity contribution is -0.186. The van der Waals surface area contributed by atoms with E-state index >= 15 is 0 Å². The second-order valence-corrected chi connectivity index (χ2v) is 3.14. The van der Waals surface area contributed by atoms with E-state index in [4.69, 9.17) is 4.74 Å². The molecule has 0 amide bonds. The van der Waals surface area contributed by atoms with E-state index in [1.807, 2.05) is 0 Å². The number of hydrogen-bond acceptors (Lipinski definition) is 2. The summed E-state index contributed by atoms with van der Waals surface area (Å²) in [6.07, 6.45) is -4.39. The van der Waals surface area contributed by atoms with E-state index in [1.54, 1.807) is 6.92 Å². The number of halogens is 4. The summed E-state index contributed by atoms with van der Waals surface area (Å²) in [5, 5.41) is 0. The molecule has 0 saturated carbocycles. The lowest BCUT2D eigenvalue weighted by Gasteiger charge is -2.09. The number of hydrogen-bond donors (Lipinski definition) is 0. The van der Waals surface area contributed by atoms with Gasteiger partial charge in [-0.1, -0.05) is 6.07 Å². The average Bonchev–Trinajstić information content (AvgIpc) is 2.17. The van der Waals surface area contributed by atoms with E-state index in [1.165, 1.54) is 12.1 Å². The summed E-state index contributed by atoms with van der Waals surface area (Å²) in [5.74, 6) is -0.349. The summed E-state index contributed by atoms with van der Waals surface area (Å²) in [6.45, 7) is -0.386. The van der Waals surface area contributed by atoms with Crippen molar-refractivity contribution in [3.63, 3.8) is 0 Å². The van der Waals surface area contributed by atoms with Crippen LogP contribution in [-0.2, 0) is 4.74 Å². The van der Waals surface area contributed by atoms with Gasteiger partial charge in [-0.05, 0) is 18.6 Å². The molecule has 1 aromatic rings. The van der Waals surface area contributed by atoms with Crippen molar-refractivity contribution in [1.82, 2.24) is 0 Å². The van der Waals surface area contributed by atoms with E-state index in [0.29, 0.717) is 5.56 Å². The predicted molar refractivity (Wildman–Crippen MR) is 48.6 cm³/mol. The van der Waals surface area contributed by atoms with Gasteiger partial charge in [0.15, 0.2) is 6.79 Å². The smallest absolute Gasteiger partial charge is 0.411 e. The average molecular weight is 238 g/mol. The van der Waals surface area contributed by atoms with Crippen molar-refractivity contribution >= 4 is 0 Å². The fourth-order valence-corrected chi connectivity index (χ4v) is 0.930. The minimum atomic E-state index is -4.39. The topological polar surface area (TPSA) is 18.5 Å². The van der Waals surface area contributed by atoms with Gasteiger partial charge in [0.1, 0.15) is 18.2 Å². The summed E-state index contributed by atoms with van der Waals surface area (Å²) in [4.78, 5) is 0.